The van der Waals surface area contributed by atoms with Crippen LogP contribution in [-0.4, -0.2) is 24.7 Å². The molecule has 1 heterocycles. The van der Waals surface area contributed by atoms with E-state index < -0.39 is 0 Å². The molecule has 0 spiro atoms. The normalized spacial score (nSPS) is 21.1. The Bertz CT molecular complexity index is 400. The first-order valence-electron chi connectivity index (χ1n) is 5.32. The third-order valence-corrected chi connectivity index (χ3v) is 2.78. The molecule has 1 unspecified atom stereocenters. The summed E-state index contributed by atoms with van der Waals surface area (Å²) in [5, 5.41) is 3.51. The van der Waals surface area contributed by atoms with E-state index >= 15 is 0 Å². The lowest BCUT2D eigenvalue weighted by atomic mass is 10.1. The lowest BCUT2D eigenvalue weighted by Gasteiger charge is -2.17. The molecule has 1 aliphatic rings. The van der Waals surface area contributed by atoms with Crippen LogP contribution in [0.5, 0.6) is 0 Å². The Hall–Kier alpha value is -1.35. The molecule has 0 saturated carbocycles. The van der Waals surface area contributed by atoms with Crippen molar-refractivity contribution < 1.29 is 4.79 Å². The van der Waals surface area contributed by atoms with Crippen molar-refractivity contribution in [3.8, 4) is 0 Å². The molecule has 16 heavy (non-hydrogen) atoms. The number of carbonyl (C=O) groups excluding carboxylic acids is 1. The Morgan fingerprint density at radius 1 is 1.38 bits per heavy atom. The van der Waals surface area contributed by atoms with Crippen LogP contribution in [0.2, 0.25) is 5.02 Å². The van der Waals surface area contributed by atoms with E-state index in [4.69, 9.17) is 11.6 Å². The fraction of sp³-hybridized carbons (Fsp3) is 0.333. The number of piperidine rings is 1. The molecule has 0 radical (unpaired) electrons. The first kappa shape index (κ1) is 11.1. The molecule has 1 aromatic rings. The summed E-state index contributed by atoms with van der Waals surface area (Å²) in [5.74, 6) is 0.0245. The van der Waals surface area contributed by atoms with E-state index in [0.717, 1.165) is 24.9 Å². The third-order valence-electron chi connectivity index (χ3n) is 2.53. The average Bonchev–Trinajstić information content (AvgIpc) is 2.30. The highest BCUT2D eigenvalue weighted by atomic mass is 35.5. The molecule has 0 aromatic heterocycles. The Balaban J connectivity index is 2.02. The minimum Gasteiger partial charge on any atom is -0.354 e. The molecule has 1 aromatic carbocycles. The average molecular weight is 237 g/mol. The van der Waals surface area contributed by atoms with Gasteiger partial charge in [-0.15, -0.1) is 0 Å². The summed E-state index contributed by atoms with van der Waals surface area (Å²) >= 11 is 5.78. The Morgan fingerprint density at radius 2 is 2.12 bits per heavy atom. The summed E-state index contributed by atoms with van der Waals surface area (Å²) in [6, 6.07) is 7.15. The van der Waals surface area contributed by atoms with E-state index in [0.29, 0.717) is 5.02 Å². The van der Waals surface area contributed by atoms with E-state index in [9.17, 15) is 4.79 Å². The highest BCUT2D eigenvalue weighted by Crippen LogP contribution is 2.10. The predicted octanol–water partition coefficient (Wildman–Crippen LogP) is 2.04. The van der Waals surface area contributed by atoms with E-state index in [2.05, 4.69) is 10.3 Å². The Kier molecular flexibility index (Phi) is 3.57. The molecule has 1 amide bonds. The van der Waals surface area contributed by atoms with Crippen molar-refractivity contribution in [2.75, 3.05) is 6.54 Å². The standard InChI is InChI=1S/C12H13ClN2O/c13-10-5-3-9(4-6-10)8-15-11-2-1-7-14-12(11)16/h3-6,8,11H,1-2,7H2,(H,14,16)/b15-8+. The number of nitrogens with one attached hydrogen (secondary N) is 1. The van der Waals surface area contributed by atoms with E-state index in [-0.39, 0.29) is 11.9 Å². The second-order valence-electron chi connectivity index (χ2n) is 3.78. The zero-order valence-corrected chi connectivity index (χ0v) is 9.57. The van der Waals surface area contributed by atoms with Crippen LogP contribution < -0.4 is 5.32 Å². The van der Waals surface area contributed by atoms with Crippen LogP contribution in [0.25, 0.3) is 0 Å². The number of aliphatic imine (C=N–C) groups is 1. The number of rotatable bonds is 2. The number of halogens is 1. The predicted molar refractivity (Wildman–Crippen MR) is 65.1 cm³/mol. The number of nitrogens with zero attached hydrogens (tertiary/aromatic N) is 1. The molecule has 3 nitrogen and oxygen atoms in total. The van der Waals surface area contributed by atoms with E-state index in [1.807, 2.05) is 24.3 Å². The highest BCUT2D eigenvalue weighted by Gasteiger charge is 2.19. The molecule has 4 heteroatoms. The topological polar surface area (TPSA) is 41.5 Å². The maximum Gasteiger partial charge on any atom is 0.244 e. The molecule has 1 N–H and O–H groups in total. The van der Waals surface area contributed by atoms with Crippen molar-refractivity contribution in [2.24, 2.45) is 4.99 Å². The maximum atomic E-state index is 11.4. The lowest BCUT2D eigenvalue weighted by Crippen LogP contribution is -2.39. The van der Waals surface area contributed by atoms with Crippen LogP contribution in [0.3, 0.4) is 0 Å². The zero-order valence-electron chi connectivity index (χ0n) is 8.82. The van der Waals surface area contributed by atoms with Gasteiger partial charge < -0.3 is 5.32 Å². The van der Waals surface area contributed by atoms with Crippen LogP contribution in [0, 0.1) is 0 Å². The summed E-state index contributed by atoms with van der Waals surface area (Å²) in [5.41, 5.74) is 0.961. The second-order valence-corrected chi connectivity index (χ2v) is 4.22. The molecule has 0 bridgehead atoms. The summed E-state index contributed by atoms with van der Waals surface area (Å²) in [6.45, 7) is 0.770. The number of amides is 1. The van der Waals surface area contributed by atoms with Gasteiger partial charge in [0.2, 0.25) is 5.91 Å². The van der Waals surface area contributed by atoms with Gasteiger partial charge in [-0.25, -0.2) is 0 Å². The SMILES string of the molecule is O=C1NCCCC1/N=C/c1ccc(Cl)cc1. The van der Waals surface area contributed by atoms with E-state index in [1.54, 1.807) is 6.21 Å². The molecule has 1 atom stereocenters. The molecule has 0 aliphatic carbocycles. The van der Waals surface area contributed by atoms with Gasteiger partial charge in [-0.2, -0.15) is 0 Å². The molecular formula is C12H13ClN2O. The van der Waals surface area contributed by atoms with Gasteiger partial charge in [-0.3, -0.25) is 9.79 Å². The fourth-order valence-corrected chi connectivity index (χ4v) is 1.75. The van der Waals surface area contributed by atoms with Crippen LogP contribution in [0.15, 0.2) is 29.3 Å². The highest BCUT2D eigenvalue weighted by molar-refractivity contribution is 6.30. The van der Waals surface area contributed by atoms with Gasteiger partial charge in [0.25, 0.3) is 0 Å². The molecule has 84 valence electrons. The van der Waals surface area contributed by atoms with Crippen molar-refractivity contribution in [3.05, 3.63) is 34.9 Å². The van der Waals surface area contributed by atoms with Crippen LogP contribution >= 0.6 is 11.6 Å². The van der Waals surface area contributed by atoms with Crippen LogP contribution in [0.1, 0.15) is 18.4 Å². The summed E-state index contributed by atoms with van der Waals surface area (Å²) < 4.78 is 0. The summed E-state index contributed by atoms with van der Waals surface area (Å²) in [7, 11) is 0. The molecule has 1 saturated heterocycles. The number of hydrogen-bond acceptors (Lipinski definition) is 2. The van der Waals surface area contributed by atoms with Gasteiger partial charge in [-0.05, 0) is 30.5 Å². The quantitative estimate of drug-likeness (QED) is 0.785. The second kappa shape index (κ2) is 5.12. The lowest BCUT2D eigenvalue weighted by molar-refractivity contribution is -0.123. The van der Waals surface area contributed by atoms with Crippen LogP contribution in [-0.2, 0) is 4.79 Å². The minimum atomic E-state index is -0.232. The molecule has 2 rings (SSSR count). The van der Waals surface area contributed by atoms with Crippen LogP contribution in [0.4, 0.5) is 0 Å². The largest absolute Gasteiger partial charge is 0.354 e. The van der Waals surface area contributed by atoms with Crippen molar-refractivity contribution in [1.29, 1.82) is 0 Å². The fourth-order valence-electron chi connectivity index (χ4n) is 1.62. The van der Waals surface area contributed by atoms with Gasteiger partial charge in [0.05, 0.1) is 0 Å². The third kappa shape index (κ3) is 2.83. The zero-order chi connectivity index (χ0) is 11.4. The van der Waals surface area contributed by atoms with Gasteiger partial charge >= 0.3 is 0 Å². The molecule has 1 fully saturated rings. The summed E-state index contributed by atoms with van der Waals surface area (Å²) in [4.78, 5) is 15.7. The van der Waals surface area contributed by atoms with Gasteiger partial charge in [-0.1, -0.05) is 23.7 Å². The Morgan fingerprint density at radius 3 is 2.81 bits per heavy atom. The van der Waals surface area contributed by atoms with Crippen molar-refractivity contribution in [3.63, 3.8) is 0 Å². The smallest absolute Gasteiger partial charge is 0.244 e. The number of carbonyl (C=O) groups is 1. The minimum absolute atomic E-state index is 0.0245. The first-order chi connectivity index (χ1) is 7.75. The van der Waals surface area contributed by atoms with Gasteiger partial charge in [0, 0.05) is 17.8 Å². The van der Waals surface area contributed by atoms with E-state index in [1.165, 1.54) is 0 Å². The van der Waals surface area contributed by atoms with Crippen molar-refractivity contribution >= 4 is 23.7 Å². The Labute approximate surface area is 99.5 Å². The van der Waals surface area contributed by atoms with Gasteiger partial charge in [0.15, 0.2) is 0 Å². The number of benzene rings is 1. The molecular weight excluding hydrogens is 224 g/mol. The van der Waals surface area contributed by atoms with Crippen molar-refractivity contribution in [1.82, 2.24) is 5.32 Å². The monoisotopic (exact) mass is 236 g/mol. The first-order valence-corrected chi connectivity index (χ1v) is 5.70. The molecule has 1 aliphatic heterocycles. The van der Waals surface area contributed by atoms with Gasteiger partial charge in [0.1, 0.15) is 6.04 Å². The maximum absolute atomic E-state index is 11.4. The summed E-state index contributed by atoms with van der Waals surface area (Å²) in [6.07, 6.45) is 3.55. The number of hydrogen-bond donors (Lipinski definition) is 1. The van der Waals surface area contributed by atoms with Crippen molar-refractivity contribution in [2.45, 2.75) is 18.9 Å².